The standard InChI is InChI=1S/2C18H18FN3O/c1-18(2,3)22(4)17(23)16-20-11-14(12-21-16)6-5-13-7-9-15(19)10-8-13;1-18(2,3)22(4)17(23)16-20-11-14(12-21-16)9-8-13-6-5-7-15(19)10-13/h7-12H,1-4H3;5-7,10-12H,1-4H3. The molecular weight excluding hydrogens is 586 g/mol. The highest BCUT2D eigenvalue weighted by Gasteiger charge is 2.26. The van der Waals surface area contributed by atoms with Crippen LogP contribution in [0.1, 0.15) is 85.0 Å². The number of amides is 2. The summed E-state index contributed by atoms with van der Waals surface area (Å²) >= 11 is 0. The van der Waals surface area contributed by atoms with Gasteiger partial charge in [0.2, 0.25) is 11.6 Å². The largest absolute Gasteiger partial charge is 0.334 e. The number of hydrogen-bond donors (Lipinski definition) is 0. The van der Waals surface area contributed by atoms with E-state index >= 15 is 0 Å². The van der Waals surface area contributed by atoms with Crippen LogP contribution in [0.2, 0.25) is 0 Å². The number of carbonyl (C=O) groups is 2. The minimum absolute atomic E-state index is 0.124. The van der Waals surface area contributed by atoms with Crippen LogP contribution in [0.5, 0.6) is 0 Å². The van der Waals surface area contributed by atoms with Gasteiger partial charge in [-0.25, -0.2) is 28.7 Å². The highest BCUT2D eigenvalue weighted by molar-refractivity contribution is 5.91. The Morgan fingerprint density at radius 1 is 0.565 bits per heavy atom. The number of nitrogens with zero attached hydrogens (tertiary/aromatic N) is 6. The third-order valence-electron chi connectivity index (χ3n) is 6.68. The monoisotopic (exact) mass is 622 g/mol. The van der Waals surface area contributed by atoms with Crippen molar-refractivity contribution in [1.29, 1.82) is 0 Å². The van der Waals surface area contributed by atoms with E-state index in [1.54, 1.807) is 48.2 Å². The molecule has 0 saturated heterocycles. The lowest BCUT2D eigenvalue weighted by Crippen LogP contribution is -2.43. The number of hydrogen-bond acceptors (Lipinski definition) is 6. The summed E-state index contributed by atoms with van der Waals surface area (Å²) in [6.07, 6.45) is 5.99. The summed E-state index contributed by atoms with van der Waals surface area (Å²) in [6.45, 7) is 11.6. The number of halogens is 2. The van der Waals surface area contributed by atoms with Gasteiger partial charge in [0, 0.05) is 61.1 Å². The van der Waals surface area contributed by atoms with Crippen LogP contribution in [-0.2, 0) is 0 Å². The Hall–Kier alpha value is -5.48. The van der Waals surface area contributed by atoms with Crippen molar-refractivity contribution in [2.75, 3.05) is 14.1 Å². The van der Waals surface area contributed by atoms with Gasteiger partial charge in [-0.3, -0.25) is 9.59 Å². The Labute approximate surface area is 268 Å². The smallest absolute Gasteiger partial charge is 0.291 e. The zero-order chi connectivity index (χ0) is 34.1. The second kappa shape index (κ2) is 15.0. The molecular formula is C36H36F2N6O2. The van der Waals surface area contributed by atoms with Gasteiger partial charge in [-0.15, -0.1) is 0 Å². The molecule has 4 rings (SSSR count). The van der Waals surface area contributed by atoms with Crippen molar-refractivity contribution >= 4 is 11.8 Å². The second-order valence-electron chi connectivity index (χ2n) is 12.2. The van der Waals surface area contributed by atoms with Crippen LogP contribution in [0.3, 0.4) is 0 Å². The maximum atomic E-state index is 13.1. The van der Waals surface area contributed by atoms with Crippen LogP contribution in [0, 0.1) is 35.3 Å². The van der Waals surface area contributed by atoms with Crippen molar-refractivity contribution in [2.45, 2.75) is 52.6 Å². The van der Waals surface area contributed by atoms with E-state index in [1.165, 1.54) is 49.1 Å². The van der Waals surface area contributed by atoms with Gasteiger partial charge in [-0.2, -0.15) is 0 Å². The highest BCUT2D eigenvalue weighted by atomic mass is 19.1. The van der Waals surface area contributed by atoms with E-state index in [2.05, 4.69) is 43.6 Å². The molecule has 0 unspecified atom stereocenters. The van der Waals surface area contributed by atoms with Crippen molar-refractivity contribution in [3.8, 4) is 23.7 Å². The lowest BCUT2D eigenvalue weighted by atomic mass is 10.1. The van der Waals surface area contributed by atoms with Crippen molar-refractivity contribution in [1.82, 2.24) is 29.7 Å². The van der Waals surface area contributed by atoms with Gasteiger partial charge >= 0.3 is 0 Å². The normalized spacial score (nSPS) is 10.7. The molecule has 0 aliphatic rings. The Kier molecular flexibility index (Phi) is 11.4. The van der Waals surface area contributed by atoms with Crippen LogP contribution in [0.4, 0.5) is 8.78 Å². The fourth-order valence-corrected chi connectivity index (χ4v) is 3.30. The quantitative estimate of drug-likeness (QED) is 0.264. The summed E-state index contributed by atoms with van der Waals surface area (Å²) < 4.78 is 25.9. The zero-order valence-corrected chi connectivity index (χ0v) is 27.2. The van der Waals surface area contributed by atoms with Crippen molar-refractivity contribution in [3.63, 3.8) is 0 Å². The molecule has 10 heteroatoms. The molecule has 8 nitrogen and oxygen atoms in total. The van der Waals surface area contributed by atoms with Gasteiger partial charge < -0.3 is 9.80 Å². The predicted molar refractivity (Wildman–Crippen MR) is 173 cm³/mol. The van der Waals surface area contributed by atoms with Crippen LogP contribution < -0.4 is 0 Å². The molecule has 0 N–H and O–H groups in total. The Morgan fingerprint density at radius 2 is 0.957 bits per heavy atom. The first-order chi connectivity index (χ1) is 21.5. The lowest BCUT2D eigenvalue weighted by molar-refractivity contribution is 0.0634. The average molecular weight is 623 g/mol. The molecule has 0 atom stereocenters. The summed E-state index contributed by atoms with van der Waals surface area (Å²) in [7, 11) is 3.43. The van der Waals surface area contributed by atoms with Crippen LogP contribution >= 0.6 is 0 Å². The van der Waals surface area contributed by atoms with Gasteiger partial charge in [-0.1, -0.05) is 29.7 Å². The second-order valence-corrected chi connectivity index (χ2v) is 12.2. The molecule has 0 aliphatic heterocycles. The minimum Gasteiger partial charge on any atom is -0.334 e. The summed E-state index contributed by atoms with van der Waals surface area (Å²) in [6, 6.07) is 11.9. The topological polar surface area (TPSA) is 92.2 Å². The maximum absolute atomic E-state index is 13.1. The molecule has 2 heterocycles. The summed E-state index contributed by atoms with van der Waals surface area (Å²) in [4.78, 5) is 43.9. The maximum Gasteiger partial charge on any atom is 0.291 e. The molecule has 0 spiro atoms. The first-order valence-corrected chi connectivity index (χ1v) is 14.3. The van der Waals surface area contributed by atoms with Crippen molar-refractivity contribution in [2.24, 2.45) is 0 Å². The van der Waals surface area contributed by atoms with E-state index < -0.39 is 0 Å². The van der Waals surface area contributed by atoms with E-state index in [1.807, 2.05) is 41.5 Å². The van der Waals surface area contributed by atoms with Gasteiger partial charge in [0.1, 0.15) is 11.6 Å². The van der Waals surface area contributed by atoms with Crippen LogP contribution in [0.25, 0.3) is 0 Å². The molecule has 4 aromatic rings. The molecule has 46 heavy (non-hydrogen) atoms. The fraction of sp³-hybridized carbons (Fsp3) is 0.278. The van der Waals surface area contributed by atoms with E-state index in [4.69, 9.17) is 0 Å². The van der Waals surface area contributed by atoms with Crippen LogP contribution in [-0.4, -0.2) is 66.7 Å². The molecule has 2 aromatic carbocycles. The Bertz CT molecular complexity index is 1790. The molecule has 0 saturated carbocycles. The number of rotatable bonds is 2. The van der Waals surface area contributed by atoms with E-state index in [-0.39, 0.29) is 46.2 Å². The van der Waals surface area contributed by atoms with E-state index in [0.717, 1.165) is 0 Å². The third-order valence-corrected chi connectivity index (χ3v) is 6.68. The SMILES string of the molecule is CN(C(=O)c1ncc(C#Cc2ccc(F)cc2)cn1)C(C)(C)C.CN(C(=O)c1ncc(C#Cc2cccc(F)c2)cn1)C(C)(C)C. The summed E-state index contributed by atoms with van der Waals surface area (Å²) in [5.74, 6) is 10.6. The van der Waals surface area contributed by atoms with E-state index in [9.17, 15) is 18.4 Å². The van der Waals surface area contributed by atoms with E-state index in [0.29, 0.717) is 22.3 Å². The van der Waals surface area contributed by atoms with Gasteiger partial charge in [-0.05, 0) is 84.0 Å². The molecule has 0 bridgehead atoms. The molecule has 0 radical (unpaired) electrons. The number of benzene rings is 2. The first kappa shape index (κ1) is 35.0. The zero-order valence-electron chi connectivity index (χ0n) is 27.2. The summed E-state index contributed by atoms with van der Waals surface area (Å²) in [5, 5.41) is 0. The molecule has 2 aromatic heterocycles. The third kappa shape index (κ3) is 10.3. The highest BCUT2D eigenvalue weighted by Crippen LogP contribution is 2.14. The average Bonchev–Trinajstić information content (AvgIpc) is 3.02. The molecule has 0 aliphatic carbocycles. The number of aromatic nitrogens is 4. The minimum atomic E-state index is -0.334. The number of carbonyl (C=O) groups excluding carboxylic acids is 2. The van der Waals surface area contributed by atoms with Crippen LogP contribution in [0.15, 0.2) is 73.3 Å². The molecule has 2 amide bonds. The molecule has 236 valence electrons. The van der Waals surface area contributed by atoms with Gasteiger partial charge in [0.15, 0.2) is 0 Å². The van der Waals surface area contributed by atoms with Crippen molar-refractivity contribution < 1.29 is 18.4 Å². The molecule has 0 fully saturated rings. The Morgan fingerprint density at radius 3 is 1.35 bits per heavy atom. The summed E-state index contributed by atoms with van der Waals surface area (Å²) in [5.41, 5.74) is 1.79. The Balaban J connectivity index is 0.000000250. The predicted octanol–water partition coefficient (Wildman–Crippen LogP) is 5.77. The van der Waals surface area contributed by atoms with Gasteiger partial charge in [0.25, 0.3) is 11.8 Å². The lowest BCUT2D eigenvalue weighted by Gasteiger charge is -2.31. The fourth-order valence-electron chi connectivity index (χ4n) is 3.30. The van der Waals surface area contributed by atoms with Gasteiger partial charge in [0.05, 0.1) is 11.1 Å². The first-order valence-electron chi connectivity index (χ1n) is 14.3. The van der Waals surface area contributed by atoms with Crippen molar-refractivity contribution in [3.05, 3.63) is 119 Å².